The van der Waals surface area contributed by atoms with Gasteiger partial charge in [-0.3, -0.25) is 4.79 Å². The highest BCUT2D eigenvalue weighted by Crippen LogP contribution is 2.07. The molecule has 8 nitrogen and oxygen atoms in total. The second-order valence-electron chi connectivity index (χ2n) is 6.27. The lowest BCUT2D eigenvalue weighted by Gasteiger charge is -2.09. The van der Waals surface area contributed by atoms with Crippen LogP contribution in [0.4, 0.5) is 10.5 Å². The van der Waals surface area contributed by atoms with Crippen LogP contribution in [0.1, 0.15) is 25.3 Å². The Kier molecular flexibility index (Phi) is 13.5. The van der Waals surface area contributed by atoms with Gasteiger partial charge in [0.1, 0.15) is 0 Å². The summed E-state index contributed by atoms with van der Waals surface area (Å²) in [4.78, 5) is 22.4. The van der Waals surface area contributed by atoms with Crippen LogP contribution in [-0.2, 0) is 19.0 Å². The van der Waals surface area contributed by atoms with Crippen molar-refractivity contribution in [2.24, 2.45) is 0 Å². The number of anilines is 1. The highest BCUT2D eigenvalue weighted by molar-refractivity contribution is 5.89. The minimum Gasteiger partial charge on any atom is -0.379 e. The first-order valence-corrected chi connectivity index (χ1v) is 9.67. The number of carbonyl (C=O) groups is 2. The fourth-order valence-corrected chi connectivity index (χ4v) is 2.17. The first-order chi connectivity index (χ1) is 13.6. The summed E-state index contributed by atoms with van der Waals surface area (Å²) in [5.74, 6) is -0.0235. The monoisotopic (exact) mass is 395 g/mol. The van der Waals surface area contributed by atoms with E-state index < -0.39 is 0 Å². The third-order valence-corrected chi connectivity index (χ3v) is 3.64. The smallest absolute Gasteiger partial charge is 0.319 e. The lowest BCUT2D eigenvalue weighted by molar-refractivity contribution is -0.119. The van der Waals surface area contributed by atoms with E-state index in [2.05, 4.69) is 16.0 Å². The fourth-order valence-electron chi connectivity index (χ4n) is 2.17. The summed E-state index contributed by atoms with van der Waals surface area (Å²) >= 11 is 0. The quantitative estimate of drug-likeness (QED) is 0.395. The van der Waals surface area contributed by atoms with E-state index in [-0.39, 0.29) is 11.9 Å². The van der Waals surface area contributed by atoms with E-state index in [4.69, 9.17) is 14.2 Å². The maximum Gasteiger partial charge on any atom is 0.319 e. The number of ether oxygens (including phenoxy) is 3. The molecular weight excluding hydrogens is 362 g/mol. The molecule has 158 valence electrons. The molecule has 0 aliphatic carbocycles. The van der Waals surface area contributed by atoms with E-state index in [0.29, 0.717) is 52.7 Å². The van der Waals surface area contributed by atoms with Crippen molar-refractivity contribution in [2.45, 2.75) is 26.7 Å². The summed E-state index contributed by atoms with van der Waals surface area (Å²) in [6.45, 7) is 7.91. The lowest BCUT2D eigenvalue weighted by atomic mass is 10.2. The normalized spacial score (nSPS) is 10.5. The van der Waals surface area contributed by atoms with Gasteiger partial charge < -0.3 is 30.2 Å². The summed E-state index contributed by atoms with van der Waals surface area (Å²) < 4.78 is 16.2. The molecule has 0 aliphatic heterocycles. The minimum absolute atomic E-state index is 0.0235. The van der Waals surface area contributed by atoms with E-state index in [1.807, 2.05) is 31.2 Å². The predicted molar refractivity (Wildman–Crippen MR) is 109 cm³/mol. The number of amides is 3. The van der Waals surface area contributed by atoms with Crippen LogP contribution in [-0.4, -0.2) is 64.7 Å². The zero-order valence-electron chi connectivity index (χ0n) is 16.9. The van der Waals surface area contributed by atoms with Gasteiger partial charge in [0.2, 0.25) is 5.91 Å². The molecule has 0 spiro atoms. The zero-order valence-corrected chi connectivity index (χ0v) is 16.9. The molecule has 0 unspecified atom stereocenters. The molecule has 0 bridgehead atoms. The highest BCUT2D eigenvalue weighted by Gasteiger charge is 2.00. The highest BCUT2D eigenvalue weighted by atomic mass is 16.5. The molecule has 8 heteroatoms. The van der Waals surface area contributed by atoms with E-state index >= 15 is 0 Å². The van der Waals surface area contributed by atoms with Gasteiger partial charge in [-0.25, -0.2) is 4.79 Å². The number of nitrogens with one attached hydrogen (secondary N) is 3. The van der Waals surface area contributed by atoms with E-state index in [1.54, 1.807) is 0 Å². The molecule has 0 aromatic heterocycles. The fraction of sp³-hybridized carbons (Fsp3) is 0.600. The molecule has 0 heterocycles. The van der Waals surface area contributed by atoms with E-state index in [0.717, 1.165) is 24.1 Å². The average Bonchev–Trinajstić information content (AvgIpc) is 2.66. The Balaban J connectivity index is 1.81. The van der Waals surface area contributed by atoms with Crippen molar-refractivity contribution < 1.29 is 23.8 Å². The SMILES string of the molecule is CC(=O)NCCCOCCOCCOCCCNC(=O)Nc1ccc(C)cc1. The average molecular weight is 396 g/mol. The summed E-state index contributed by atoms with van der Waals surface area (Å²) in [6.07, 6.45) is 1.53. The Morgan fingerprint density at radius 3 is 1.82 bits per heavy atom. The van der Waals surface area contributed by atoms with Crippen LogP contribution in [0.3, 0.4) is 0 Å². The number of hydrogen-bond donors (Lipinski definition) is 3. The van der Waals surface area contributed by atoms with Gasteiger partial charge in [-0.15, -0.1) is 0 Å². The standard InChI is InChI=1S/C20H33N3O5/c1-17-5-7-19(8-6-17)23-20(25)22-10-4-12-27-14-16-28-15-13-26-11-3-9-21-18(2)24/h5-8H,3-4,9-16H2,1-2H3,(H,21,24)(H2,22,23,25). The van der Waals surface area contributed by atoms with Crippen LogP contribution in [0.25, 0.3) is 0 Å². The Morgan fingerprint density at radius 1 is 0.786 bits per heavy atom. The van der Waals surface area contributed by atoms with Crippen LogP contribution in [0, 0.1) is 6.92 Å². The lowest BCUT2D eigenvalue weighted by Crippen LogP contribution is -2.30. The summed E-state index contributed by atoms with van der Waals surface area (Å²) in [6, 6.07) is 7.42. The van der Waals surface area contributed by atoms with Crippen molar-refractivity contribution in [1.29, 1.82) is 0 Å². The minimum atomic E-state index is -0.218. The van der Waals surface area contributed by atoms with Crippen LogP contribution in [0.15, 0.2) is 24.3 Å². The third-order valence-electron chi connectivity index (χ3n) is 3.64. The molecular formula is C20H33N3O5. The molecule has 28 heavy (non-hydrogen) atoms. The van der Waals surface area contributed by atoms with Crippen LogP contribution in [0.5, 0.6) is 0 Å². The van der Waals surface area contributed by atoms with Gasteiger partial charge >= 0.3 is 6.03 Å². The number of rotatable bonds is 15. The van der Waals surface area contributed by atoms with Crippen molar-refractivity contribution >= 4 is 17.6 Å². The van der Waals surface area contributed by atoms with Gasteiger partial charge in [0.05, 0.1) is 26.4 Å². The number of urea groups is 1. The molecule has 1 rings (SSSR count). The topological polar surface area (TPSA) is 97.9 Å². The third kappa shape index (κ3) is 14.0. The molecule has 0 fully saturated rings. The predicted octanol–water partition coefficient (Wildman–Crippen LogP) is 2.08. The van der Waals surface area contributed by atoms with Crippen molar-refractivity contribution in [3.8, 4) is 0 Å². The Morgan fingerprint density at radius 2 is 1.29 bits per heavy atom. The van der Waals surface area contributed by atoms with Crippen LogP contribution >= 0.6 is 0 Å². The van der Waals surface area contributed by atoms with E-state index in [1.165, 1.54) is 6.92 Å². The molecule has 3 amide bonds. The Labute approximate surface area is 167 Å². The second-order valence-corrected chi connectivity index (χ2v) is 6.27. The summed E-state index contributed by atoms with van der Waals surface area (Å²) in [7, 11) is 0. The van der Waals surface area contributed by atoms with Gasteiger partial charge in [0, 0.05) is 38.9 Å². The van der Waals surface area contributed by atoms with Crippen LogP contribution in [0.2, 0.25) is 0 Å². The molecule has 0 saturated heterocycles. The molecule has 1 aromatic carbocycles. The number of benzene rings is 1. The first-order valence-electron chi connectivity index (χ1n) is 9.67. The number of hydrogen-bond acceptors (Lipinski definition) is 5. The Bertz CT molecular complexity index is 551. The maximum atomic E-state index is 11.7. The van der Waals surface area contributed by atoms with Gasteiger partial charge in [-0.2, -0.15) is 0 Å². The molecule has 0 atom stereocenters. The van der Waals surface area contributed by atoms with Crippen molar-refractivity contribution in [3.63, 3.8) is 0 Å². The summed E-state index contributed by atoms with van der Waals surface area (Å²) in [5.41, 5.74) is 1.92. The van der Waals surface area contributed by atoms with Gasteiger partial charge in [0.25, 0.3) is 0 Å². The molecule has 0 saturated carbocycles. The largest absolute Gasteiger partial charge is 0.379 e. The molecule has 3 N–H and O–H groups in total. The molecule has 1 aromatic rings. The van der Waals surface area contributed by atoms with Gasteiger partial charge in [0.15, 0.2) is 0 Å². The van der Waals surface area contributed by atoms with Crippen molar-refractivity contribution in [1.82, 2.24) is 10.6 Å². The van der Waals surface area contributed by atoms with Crippen LogP contribution < -0.4 is 16.0 Å². The maximum absolute atomic E-state index is 11.7. The Hall–Kier alpha value is -2.16. The molecule has 0 radical (unpaired) electrons. The summed E-state index contributed by atoms with van der Waals surface area (Å²) in [5, 5.41) is 8.28. The number of aryl methyl sites for hydroxylation is 1. The van der Waals surface area contributed by atoms with Gasteiger partial charge in [-0.1, -0.05) is 17.7 Å². The molecule has 0 aliphatic rings. The zero-order chi connectivity index (χ0) is 20.5. The first kappa shape index (κ1) is 23.9. The number of carbonyl (C=O) groups excluding carboxylic acids is 2. The van der Waals surface area contributed by atoms with E-state index in [9.17, 15) is 9.59 Å². The van der Waals surface area contributed by atoms with Crippen molar-refractivity contribution in [3.05, 3.63) is 29.8 Å². The second kappa shape index (κ2) is 15.9. The van der Waals surface area contributed by atoms with Gasteiger partial charge in [-0.05, 0) is 31.9 Å². The van der Waals surface area contributed by atoms with Crippen molar-refractivity contribution in [2.75, 3.05) is 58.0 Å².